The smallest absolute Gasteiger partial charge is 0.185 e. The van der Waals surface area contributed by atoms with Crippen molar-refractivity contribution >= 4 is 35.1 Å². The standard InChI is InChI=1S/C8H6ClN3S2/c9-6-4-2-1-3-5(6)7-11-8(13-10)14-12-7/h1-4H,10H2. The number of benzene rings is 1. The van der Waals surface area contributed by atoms with Crippen LogP contribution in [0.1, 0.15) is 0 Å². The molecule has 0 amide bonds. The Hall–Kier alpha value is -0.620. The normalized spacial score (nSPS) is 10.4. The van der Waals surface area contributed by atoms with E-state index in [-0.39, 0.29) is 0 Å². The molecule has 0 atom stereocenters. The van der Waals surface area contributed by atoms with Crippen LogP contribution in [0.5, 0.6) is 0 Å². The van der Waals surface area contributed by atoms with Crippen LogP contribution in [0.3, 0.4) is 0 Å². The third kappa shape index (κ3) is 1.90. The summed E-state index contributed by atoms with van der Waals surface area (Å²) in [5.74, 6) is 0.633. The second-order valence-electron chi connectivity index (χ2n) is 2.48. The SMILES string of the molecule is NSc1nc(-c2ccccc2Cl)ns1. The Morgan fingerprint density at radius 1 is 1.36 bits per heavy atom. The first kappa shape index (κ1) is 9.92. The summed E-state index contributed by atoms with van der Waals surface area (Å²) in [5.41, 5.74) is 0.839. The van der Waals surface area contributed by atoms with Crippen LogP contribution in [0, 0.1) is 0 Å². The Balaban J connectivity index is 2.44. The van der Waals surface area contributed by atoms with Crippen LogP contribution in [0.4, 0.5) is 0 Å². The van der Waals surface area contributed by atoms with Crippen LogP contribution >= 0.6 is 35.1 Å². The van der Waals surface area contributed by atoms with Gasteiger partial charge in [0, 0.05) is 5.56 Å². The zero-order valence-electron chi connectivity index (χ0n) is 6.98. The minimum atomic E-state index is 0.633. The van der Waals surface area contributed by atoms with E-state index in [1.807, 2.05) is 24.3 Å². The Morgan fingerprint density at radius 3 is 2.79 bits per heavy atom. The van der Waals surface area contributed by atoms with Crippen molar-refractivity contribution in [2.75, 3.05) is 0 Å². The first-order chi connectivity index (χ1) is 6.81. The van der Waals surface area contributed by atoms with Crippen LogP contribution < -0.4 is 5.14 Å². The maximum atomic E-state index is 6.00. The zero-order chi connectivity index (χ0) is 9.97. The van der Waals surface area contributed by atoms with Crippen molar-refractivity contribution in [1.29, 1.82) is 0 Å². The average Bonchev–Trinajstić information content (AvgIpc) is 2.67. The highest BCUT2D eigenvalue weighted by molar-refractivity contribution is 7.98. The fourth-order valence-corrected chi connectivity index (χ4v) is 2.08. The Bertz CT molecular complexity index is 444. The van der Waals surface area contributed by atoms with Gasteiger partial charge in [-0.3, -0.25) is 5.14 Å². The van der Waals surface area contributed by atoms with Gasteiger partial charge in [0.2, 0.25) is 0 Å². The van der Waals surface area contributed by atoms with E-state index in [1.54, 1.807) is 0 Å². The van der Waals surface area contributed by atoms with Crippen LogP contribution in [0.15, 0.2) is 28.6 Å². The molecule has 0 aliphatic rings. The number of halogens is 1. The Kier molecular flexibility index (Phi) is 3.02. The van der Waals surface area contributed by atoms with E-state index in [1.165, 1.54) is 11.5 Å². The van der Waals surface area contributed by atoms with Crippen molar-refractivity contribution in [1.82, 2.24) is 9.36 Å². The van der Waals surface area contributed by atoms with Crippen molar-refractivity contribution in [3.05, 3.63) is 29.3 Å². The molecule has 6 heteroatoms. The van der Waals surface area contributed by atoms with E-state index in [2.05, 4.69) is 9.36 Å². The molecule has 0 saturated carbocycles. The van der Waals surface area contributed by atoms with Gasteiger partial charge in [-0.1, -0.05) is 23.7 Å². The zero-order valence-corrected chi connectivity index (χ0v) is 9.36. The molecule has 0 bridgehead atoms. The lowest BCUT2D eigenvalue weighted by Crippen LogP contribution is -1.82. The minimum absolute atomic E-state index is 0.633. The van der Waals surface area contributed by atoms with Gasteiger partial charge in [-0.2, -0.15) is 4.37 Å². The van der Waals surface area contributed by atoms with Crippen LogP contribution in [-0.4, -0.2) is 9.36 Å². The van der Waals surface area contributed by atoms with Crippen molar-refractivity contribution in [3.63, 3.8) is 0 Å². The van der Waals surface area contributed by atoms with Crippen LogP contribution in [0.2, 0.25) is 5.02 Å². The molecule has 2 aromatic rings. The third-order valence-electron chi connectivity index (χ3n) is 1.62. The monoisotopic (exact) mass is 243 g/mol. The van der Waals surface area contributed by atoms with Crippen molar-refractivity contribution in [3.8, 4) is 11.4 Å². The fraction of sp³-hybridized carbons (Fsp3) is 0. The van der Waals surface area contributed by atoms with Crippen LogP contribution in [-0.2, 0) is 0 Å². The summed E-state index contributed by atoms with van der Waals surface area (Å²) in [5, 5.41) is 6.02. The second-order valence-corrected chi connectivity index (χ2v) is 4.52. The molecule has 2 N–H and O–H groups in total. The highest BCUT2D eigenvalue weighted by Gasteiger charge is 2.08. The van der Waals surface area contributed by atoms with Crippen molar-refractivity contribution < 1.29 is 0 Å². The molecular formula is C8H6ClN3S2. The van der Waals surface area contributed by atoms with Crippen molar-refractivity contribution in [2.45, 2.75) is 4.34 Å². The van der Waals surface area contributed by atoms with Gasteiger partial charge >= 0.3 is 0 Å². The van der Waals surface area contributed by atoms with Gasteiger partial charge in [-0.05, 0) is 35.6 Å². The largest absolute Gasteiger partial charge is 0.272 e. The van der Waals surface area contributed by atoms with Gasteiger partial charge in [-0.15, -0.1) is 0 Å². The van der Waals surface area contributed by atoms with Gasteiger partial charge < -0.3 is 0 Å². The van der Waals surface area contributed by atoms with E-state index in [9.17, 15) is 0 Å². The van der Waals surface area contributed by atoms with Gasteiger partial charge in [0.25, 0.3) is 0 Å². The van der Waals surface area contributed by atoms with Gasteiger partial charge in [-0.25, -0.2) is 4.98 Å². The first-order valence-electron chi connectivity index (χ1n) is 3.76. The summed E-state index contributed by atoms with van der Waals surface area (Å²) in [7, 11) is 0. The lowest BCUT2D eigenvalue weighted by molar-refractivity contribution is 1.22. The van der Waals surface area contributed by atoms with Crippen molar-refractivity contribution in [2.24, 2.45) is 5.14 Å². The molecule has 1 heterocycles. The van der Waals surface area contributed by atoms with E-state index in [4.69, 9.17) is 16.7 Å². The molecule has 2 rings (SSSR count). The second kappa shape index (κ2) is 4.27. The molecule has 0 fully saturated rings. The number of nitrogens with two attached hydrogens (primary N) is 1. The molecule has 0 radical (unpaired) electrons. The summed E-state index contributed by atoms with van der Waals surface area (Å²) >= 11 is 8.36. The number of hydrogen-bond acceptors (Lipinski definition) is 5. The lowest BCUT2D eigenvalue weighted by Gasteiger charge is -1.96. The molecule has 0 unspecified atom stereocenters. The highest BCUT2D eigenvalue weighted by atomic mass is 35.5. The number of hydrogen-bond donors (Lipinski definition) is 1. The summed E-state index contributed by atoms with van der Waals surface area (Å²) in [6.45, 7) is 0. The number of nitrogens with zero attached hydrogens (tertiary/aromatic N) is 2. The topological polar surface area (TPSA) is 51.8 Å². The lowest BCUT2D eigenvalue weighted by atomic mass is 10.2. The molecule has 3 nitrogen and oxygen atoms in total. The molecule has 0 spiro atoms. The highest BCUT2D eigenvalue weighted by Crippen LogP contribution is 2.27. The summed E-state index contributed by atoms with van der Waals surface area (Å²) in [4.78, 5) is 4.22. The van der Waals surface area contributed by atoms with E-state index in [0.29, 0.717) is 10.8 Å². The Labute approximate surface area is 94.6 Å². The quantitative estimate of drug-likeness (QED) is 0.825. The van der Waals surface area contributed by atoms with E-state index < -0.39 is 0 Å². The van der Waals surface area contributed by atoms with E-state index >= 15 is 0 Å². The predicted molar refractivity (Wildman–Crippen MR) is 60.4 cm³/mol. The number of rotatable bonds is 2. The fourth-order valence-electron chi connectivity index (χ4n) is 1.01. The molecule has 0 saturated heterocycles. The molecular weight excluding hydrogens is 238 g/mol. The molecule has 0 aliphatic carbocycles. The first-order valence-corrected chi connectivity index (χ1v) is 5.79. The molecule has 1 aromatic carbocycles. The Morgan fingerprint density at radius 2 is 2.14 bits per heavy atom. The van der Waals surface area contributed by atoms with E-state index in [0.717, 1.165) is 21.9 Å². The molecule has 0 aliphatic heterocycles. The number of aromatic nitrogens is 2. The summed E-state index contributed by atoms with van der Waals surface area (Å²) < 4.78 is 4.90. The van der Waals surface area contributed by atoms with Gasteiger partial charge in [0.15, 0.2) is 10.2 Å². The molecule has 1 aromatic heterocycles. The van der Waals surface area contributed by atoms with Gasteiger partial charge in [0.05, 0.1) is 5.02 Å². The maximum Gasteiger partial charge on any atom is 0.185 e. The molecule has 14 heavy (non-hydrogen) atoms. The molecule has 72 valence electrons. The van der Waals surface area contributed by atoms with Gasteiger partial charge in [0.1, 0.15) is 0 Å². The van der Waals surface area contributed by atoms with Crippen LogP contribution in [0.25, 0.3) is 11.4 Å². The summed E-state index contributed by atoms with van der Waals surface area (Å²) in [6.07, 6.45) is 0. The minimum Gasteiger partial charge on any atom is -0.272 e. The third-order valence-corrected chi connectivity index (χ3v) is 3.27. The predicted octanol–water partition coefficient (Wildman–Crippen LogP) is 2.82. The average molecular weight is 244 g/mol. The summed E-state index contributed by atoms with van der Waals surface area (Å²) in [6, 6.07) is 7.47. The maximum absolute atomic E-state index is 6.00.